The molecule has 0 radical (unpaired) electrons. The second kappa shape index (κ2) is 8.32. The fourth-order valence-electron chi connectivity index (χ4n) is 1.59. The number of nitrogens with one attached hydrogen (secondary N) is 1. The summed E-state index contributed by atoms with van der Waals surface area (Å²) in [5.74, 6) is -0.339. The van der Waals surface area contributed by atoms with Crippen LogP contribution in [0.1, 0.15) is 26.3 Å². The standard InChI is InChI=1S/C15H21NO2.HI/c1-12(2)14(17)18-11-10-16-15(3,4)13-8-6-5-7-9-13;/h5-9,16H,1,10-11H2,2-4H3;1H. The first kappa shape index (κ1) is 18.1. The Balaban J connectivity index is 0.00000324. The summed E-state index contributed by atoms with van der Waals surface area (Å²) in [7, 11) is 0. The molecule has 1 N–H and O–H groups in total. The molecule has 0 aliphatic rings. The quantitative estimate of drug-likeness (QED) is 0.359. The van der Waals surface area contributed by atoms with Crippen molar-refractivity contribution in [3.8, 4) is 0 Å². The van der Waals surface area contributed by atoms with E-state index in [2.05, 4.69) is 37.9 Å². The SMILES string of the molecule is C=C(C)C(=O)OCCNC(C)(C)c1ccccc1.I. The number of rotatable bonds is 6. The fraction of sp³-hybridized carbons (Fsp3) is 0.400. The maximum atomic E-state index is 11.2. The predicted octanol–water partition coefficient (Wildman–Crippen LogP) is 3.25. The fourth-order valence-corrected chi connectivity index (χ4v) is 1.59. The van der Waals surface area contributed by atoms with Gasteiger partial charge in [0.25, 0.3) is 0 Å². The maximum Gasteiger partial charge on any atom is 0.333 e. The highest BCUT2D eigenvalue weighted by Gasteiger charge is 2.18. The van der Waals surface area contributed by atoms with Gasteiger partial charge in [0, 0.05) is 17.7 Å². The van der Waals surface area contributed by atoms with E-state index in [1.165, 1.54) is 5.56 Å². The van der Waals surface area contributed by atoms with Gasteiger partial charge in [-0.25, -0.2) is 4.79 Å². The summed E-state index contributed by atoms with van der Waals surface area (Å²) in [5.41, 5.74) is 1.49. The van der Waals surface area contributed by atoms with E-state index in [4.69, 9.17) is 4.74 Å². The van der Waals surface area contributed by atoms with Gasteiger partial charge in [-0.3, -0.25) is 0 Å². The molecule has 0 saturated carbocycles. The summed E-state index contributed by atoms with van der Waals surface area (Å²) >= 11 is 0. The summed E-state index contributed by atoms with van der Waals surface area (Å²) in [6.45, 7) is 10.3. The zero-order valence-corrected chi connectivity index (χ0v) is 14.1. The van der Waals surface area contributed by atoms with Crippen molar-refractivity contribution in [2.24, 2.45) is 0 Å². The molecule has 1 aromatic rings. The number of halogens is 1. The maximum absolute atomic E-state index is 11.2. The molecule has 0 atom stereocenters. The van der Waals surface area contributed by atoms with Crippen molar-refractivity contribution in [1.29, 1.82) is 0 Å². The Morgan fingerprint density at radius 1 is 1.32 bits per heavy atom. The monoisotopic (exact) mass is 375 g/mol. The second-order valence-electron chi connectivity index (χ2n) is 4.83. The molecule has 0 saturated heterocycles. The van der Waals surface area contributed by atoms with E-state index >= 15 is 0 Å². The summed E-state index contributed by atoms with van der Waals surface area (Å²) in [6.07, 6.45) is 0. The van der Waals surface area contributed by atoms with Crippen LogP contribution < -0.4 is 5.32 Å². The molecule has 106 valence electrons. The van der Waals surface area contributed by atoms with E-state index in [1.807, 2.05) is 18.2 Å². The van der Waals surface area contributed by atoms with Crippen LogP contribution in [0.5, 0.6) is 0 Å². The van der Waals surface area contributed by atoms with E-state index in [-0.39, 0.29) is 35.5 Å². The van der Waals surface area contributed by atoms with Gasteiger partial charge in [0.1, 0.15) is 6.61 Å². The molecule has 0 aliphatic carbocycles. The van der Waals surface area contributed by atoms with E-state index in [0.717, 1.165) is 0 Å². The second-order valence-corrected chi connectivity index (χ2v) is 4.83. The van der Waals surface area contributed by atoms with E-state index in [0.29, 0.717) is 18.7 Å². The van der Waals surface area contributed by atoms with E-state index in [1.54, 1.807) is 6.92 Å². The Morgan fingerprint density at radius 2 is 1.89 bits per heavy atom. The summed E-state index contributed by atoms with van der Waals surface area (Å²) in [6, 6.07) is 10.2. The number of esters is 1. The highest BCUT2D eigenvalue weighted by atomic mass is 127. The molecular weight excluding hydrogens is 353 g/mol. The van der Waals surface area contributed by atoms with Gasteiger partial charge >= 0.3 is 5.97 Å². The zero-order chi connectivity index (χ0) is 13.6. The minimum atomic E-state index is -0.339. The summed E-state index contributed by atoms with van der Waals surface area (Å²) in [4.78, 5) is 11.2. The Morgan fingerprint density at radius 3 is 2.42 bits per heavy atom. The lowest BCUT2D eigenvalue weighted by Crippen LogP contribution is -2.38. The predicted molar refractivity (Wildman–Crippen MR) is 88.7 cm³/mol. The molecule has 0 aliphatic heterocycles. The highest BCUT2D eigenvalue weighted by molar-refractivity contribution is 14.0. The summed E-state index contributed by atoms with van der Waals surface area (Å²) < 4.78 is 5.03. The molecule has 1 rings (SSSR count). The van der Waals surface area contributed by atoms with Crippen LogP contribution in [0, 0.1) is 0 Å². The smallest absolute Gasteiger partial charge is 0.333 e. The Labute approximate surface area is 132 Å². The Kier molecular flexibility index (Phi) is 7.94. The highest BCUT2D eigenvalue weighted by Crippen LogP contribution is 2.18. The van der Waals surface area contributed by atoms with Crippen molar-refractivity contribution in [3.63, 3.8) is 0 Å². The van der Waals surface area contributed by atoms with Crippen LogP contribution in [0.2, 0.25) is 0 Å². The van der Waals surface area contributed by atoms with Gasteiger partial charge in [-0.05, 0) is 26.3 Å². The molecule has 0 heterocycles. The number of carbonyl (C=O) groups is 1. The van der Waals surface area contributed by atoms with Gasteiger partial charge in [-0.2, -0.15) is 0 Å². The van der Waals surface area contributed by atoms with Crippen molar-refractivity contribution in [2.75, 3.05) is 13.2 Å². The Bertz CT molecular complexity index is 415. The average molecular weight is 375 g/mol. The minimum absolute atomic E-state index is 0. The van der Waals surface area contributed by atoms with Crippen LogP contribution in [-0.2, 0) is 15.1 Å². The first-order chi connectivity index (χ1) is 8.43. The van der Waals surface area contributed by atoms with Gasteiger partial charge in [-0.15, -0.1) is 24.0 Å². The van der Waals surface area contributed by atoms with Crippen LogP contribution in [0.25, 0.3) is 0 Å². The molecule has 0 bridgehead atoms. The lowest BCUT2D eigenvalue weighted by molar-refractivity contribution is -0.138. The van der Waals surface area contributed by atoms with Crippen LogP contribution in [0.3, 0.4) is 0 Å². The van der Waals surface area contributed by atoms with Crippen LogP contribution >= 0.6 is 24.0 Å². The molecule has 0 amide bonds. The number of benzene rings is 1. The lowest BCUT2D eigenvalue weighted by Gasteiger charge is -2.27. The molecule has 0 aromatic heterocycles. The minimum Gasteiger partial charge on any atom is -0.461 e. The van der Waals surface area contributed by atoms with Crippen LogP contribution in [0.4, 0.5) is 0 Å². The molecule has 0 spiro atoms. The van der Waals surface area contributed by atoms with Gasteiger partial charge in [0.2, 0.25) is 0 Å². The molecule has 0 fully saturated rings. The first-order valence-corrected chi connectivity index (χ1v) is 6.06. The number of hydrogen-bond acceptors (Lipinski definition) is 3. The van der Waals surface area contributed by atoms with Crippen LogP contribution in [0.15, 0.2) is 42.5 Å². The normalized spacial score (nSPS) is 10.5. The average Bonchev–Trinajstić information content (AvgIpc) is 2.35. The largest absolute Gasteiger partial charge is 0.461 e. The summed E-state index contributed by atoms with van der Waals surface area (Å²) in [5, 5.41) is 3.36. The number of hydrogen-bond donors (Lipinski definition) is 1. The van der Waals surface area contributed by atoms with Crippen molar-refractivity contribution < 1.29 is 9.53 Å². The molecule has 1 aromatic carbocycles. The topological polar surface area (TPSA) is 38.3 Å². The molecular formula is C15H22INO2. The van der Waals surface area contributed by atoms with Gasteiger partial charge in [0.05, 0.1) is 0 Å². The first-order valence-electron chi connectivity index (χ1n) is 6.06. The van der Waals surface area contributed by atoms with Gasteiger partial charge in [-0.1, -0.05) is 36.9 Å². The third kappa shape index (κ3) is 6.20. The van der Waals surface area contributed by atoms with E-state index < -0.39 is 0 Å². The molecule has 0 unspecified atom stereocenters. The van der Waals surface area contributed by atoms with Crippen molar-refractivity contribution >= 4 is 29.9 Å². The van der Waals surface area contributed by atoms with Crippen LogP contribution in [-0.4, -0.2) is 19.1 Å². The number of carbonyl (C=O) groups excluding carboxylic acids is 1. The van der Waals surface area contributed by atoms with Crippen molar-refractivity contribution in [3.05, 3.63) is 48.0 Å². The van der Waals surface area contributed by atoms with E-state index in [9.17, 15) is 4.79 Å². The lowest BCUT2D eigenvalue weighted by atomic mass is 9.94. The molecule has 3 nitrogen and oxygen atoms in total. The van der Waals surface area contributed by atoms with Crippen molar-refractivity contribution in [1.82, 2.24) is 5.32 Å². The third-order valence-electron chi connectivity index (χ3n) is 2.75. The molecule has 19 heavy (non-hydrogen) atoms. The van der Waals surface area contributed by atoms with Crippen molar-refractivity contribution in [2.45, 2.75) is 26.3 Å². The van der Waals surface area contributed by atoms with Gasteiger partial charge in [0.15, 0.2) is 0 Å². The van der Waals surface area contributed by atoms with Gasteiger partial charge < -0.3 is 10.1 Å². The number of ether oxygens (including phenoxy) is 1. The zero-order valence-electron chi connectivity index (χ0n) is 11.7. The molecule has 4 heteroatoms. The Hall–Kier alpha value is -0.880. The third-order valence-corrected chi connectivity index (χ3v) is 2.75.